The lowest BCUT2D eigenvalue weighted by Crippen LogP contribution is -2.21. The van der Waals surface area contributed by atoms with Gasteiger partial charge >= 0.3 is 0 Å². The smallest absolute Gasteiger partial charge is 0.0455 e. The molecule has 2 aromatic rings. The molecule has 0 aromatic heterocycles. The van der Waals surface area contributed by atoms with Gasteiger partial charge < -0.3 is 10.6 Å². The van der Waals surface area contributed by atoms with Crippen molar-refractivity contribution in [2.24, 2.45) is 5.73 Å². The largest absolute Gasteiger partial charge is 0.341 e. The van der Waals surface area contributed by atoms with Gasteiger partial charge in [-0.15, -0.1) is 0 Å². The molecular weight excluding hydrogens is 312 g/mol. The second-order valence-corrected chi connectivity index (χ2v) is 6.40. The molecule has 2 aromatic carbocycles. The van der Waals surface area contributed by atoms with Crippen LogP contribution < -0.4 is 10.6 Å². The van der Waals surface area contributed by atoms with Crippen LogP contribution in [0.3, 0.4) is 0 Å². The van der Waals surface area contributed by atoms with Crippen LogP contribution >= 0.6 is 15.9 Å². The van der Waals surface area contributed by atoms with Crippen molar-refractivity contribution in [1.82, 2.24) is 0 Å². The third-order valence-electron chi connectivity index (χ3n) is 3.77. The topological polar surface area (TPSA) is 29.3 Å². The van der Waals surface area contributed by atoms with Crippen molar-refractivity contribution in [2.45, 2.75) is 25.8 Å². The maximum absolute atomic E-state index is 5.99. The Morgan fingerprint density at radius 2 is 2.00 bits per heavy atom. The summed E-state index contributed by atoms with van der Waals surface area (Å²) in [7, 11) is 0. The molecule has 3 heteroatoms. The monoisotopic (exact) mass is 330 g/mol. The van der Waals surface area contributed by atoms with E-state index in [-0.39, 0.29) is 6.04 Å². The number of para-hydroxylation sites is 1. The highest BCUT2D eigenvalue weighted by atomic mass is 79.9. The number of fused-ring (bicyclic) bond motifs is 1. The van der Waals surface area contributed by atoms with Crippen molar-refractivity contribution in [3.8, 4) is 0 Å². The average Bonchev–Trinajstić information content (AvgIpc) is 2.84. The van der Waals surface area contributed by atoms with Crippen molar-refractivity contribution in [3.63, 3.8) is 0 Å². The molecule has 1 unspecified atom stereocenters. The molecule has 0 amide bonds. The fourth-order valence-electron chi connectivity index (χ4n) is 2.90. The van der Waals surface area contributed by atoms with E-state index in [0.717, 1.165) is 23.9 Å². The van der Waals surface area contributed by atoms with Gasteiger partial charge in [0.25, 0.3) is 0 Å². The van der Waals surface area contributed by atoms with Gasteiger partial charge in [-0.1, -0.05) is 40.2 Å². The first-order valence-electron chi connectivity index (χ1n) is 7.04. The summed E-state index contributed by atoms with van der Waals surface area (Å²) >= 11 is 3.59. The number of halogens is 1. The Balaban J connectivity index is 2.04. The second kappa shape index (κ2) is 5.58. The molecule has 104 valence electrons. The van der Waals surface area contributed by atoms with E-state index in [1.165, 1.54) is 22.5 Å². The lowest BCUT2D eigenvalue weighted by molar-refractivity contribution is 0.736. The minimum absolute atomic E-state index is 0.174. The molecule has 1 atom stereocenters. The maximum atomic E-state index is 5.99. The molecule has 2 nitrogen and oxygen atoms in total. The number of hydrogen-bond donors (Lipinski definition) is 1. The number of benzene rings is 2. The molecule has 0 bridgehead atoms. The molecule has 1 aliphatic rings. The quantitative estimate of drug-likeness (QED) is 0.920. The van der Waals surface area contributed by atoms with E-state index in [1.54, 1.807) is 0 Å². The zero-order valence-electron chi connectivity index (χ0n) is 11.6. The van der Waals surface area contributed by atoms with Crippen LogP contribution in [0, 0.1) is 0 Å². The summed E-state index contributed by atoms with van der Waals surface area (Å²) in [6.45, 7) is 3.10. The predicted octanol–water partition coefficient (Wildman–Crippen LogP) is 4.03. The summed E-state index contributed by atoms with van der Waals surface area (Å²) < 4.78 is 1.12. The highest BCUT2D eigenvalue weighted by molar-refractivity contribution is 9.10. The second-order valence-electron chi connectivity index (χ2n) is 5.48. The third kappa shape index (κ3) is 2.60. The van der Waals surface area contributed by atoms with Crippen molar-refractivity contribution in [1.29, 1.82) is 0 Å². The van der Waals surface area contributed by atoms with Gasteiger partial charge in [0.2, 0.25) is 0 Å². The van der Waals surface area contributed by atoms with Crippen molar-refractivity contribution in [3.05, 3.63) is 58.1 Å². The van der Waals surface area contributed by atoms with Gasteiger partial charge in [-0.05, 0) is 49.1 Å². The van der Waals surface area contributed by atoms with E-state index in [9.17, 15) is 0 Å². The zero-order valence-corrected chi connectivity index (χ0v) is 13.2. The molecule has 3 rings (SSSR count). The summed E-state index contributed by atoms with van der Waals surface area (Å²) in [5, 5.41) is 0. The molecule has 0 fully saturated rings. The van der Waals surface area contributed by atoms with Gasteiger partial charge in [-0.25, -0.2) is 0 Å². The Kier molecular flexibility index (Phi) is 3.81. The zero-order chi connectivity index (χ0) is 14.1. The lowest BCUT2D eigenvalue weighted by Gasteiger charge is -2.24. The molecule has 1 aliphatic heterocycles. The Bertz CT molecular complexity index is 622. The highest BCUT2D eigenvalue weighted by Crippen LogP contribution is 2.37. The maximum Gasteiger partial charge on any atom is 0.0455 e. The number of nitrogens with two attached hydrogens (primary N) is 1. The molecule has 0 aliphatic carbocycles. The van der Waals surface area contributed by atoms with Crippen LogP contribution in [0.2, 0.25) is 0 Å². The van der Waals surface area contributed by atoms with E-state index >= 15 is 0 Å². The number of anilines is 2. The van der Waals surface area contributed by atoms with Crippen LogP contribution in [0.1, 0.15) is 18.1 Å². The van der Waals surface area contributed by atoms with E-state index in [4.69, 9.17) is 5.73 Å². The van der Waals surface area contributed by atoms with Gasteiger partial charge in [0.1, 0.15) is 0 Å². The highest BCUT2D eigenvalue weighted by Gasteiger charge is 2.22. The third-order valence-corrected chi connectivity index (χ3v) is 4.26. The molecule has 2 N–H and O–H groups in total. The Morgan fingerprint density at radius 1 is 1.20 bits per heavy atom. The predicted molar refractivity (Wildman–Crippen MR) is 88.6 cm³/mol. The summed E-state index contributed by atoms with van der Waals surface area (Å²) in [5.41, 5.74) is 11.4. The van der Waals surface area contributed by atoms with Crippen LogP contribution in [0.15, 0.2) is 46.9 Å². The molecule has 0 saturated carbocycles. The summed E-state index contributed by atoms with van der Waals surface area (Å²) in [6, 6.07) is 15.3. The molecule has 0 spiro atoms. The Morgan fingerprint density at radius 3 is 2.80 bits per heavy atom. The molecule has 1 heterocycles. The van der Waals surface area contributed by atoms with Crippen LogP contribution in [0.25, 0.3) is 0 Å². The Labute approximate surface area is 128 Å². The standard InChI is InChI=1S/C17H19BrN2/c1-12(19)10-14-6-7-15(18)11-17(14)20-9-8-13-4-2-3-5-16(13)20/h2-7,11-12H,8-10,19H2,1H3. The minimum Gasteiger partial charge on any atom is -0.341 e. The Hall–Kier alpha value is -1.32. The molecule has 20 heavy (non-hydrogen) atoms. The molecular formula is C17H19BrN2. The van der Waals surface area contributed by atoms with Gasteiger partial charge in [0, 0.05) is 28.4 Å². The van der Waals surface area contributed by atoms with E-state index < -0.39 is 0 Å². The number of rotatable bonds is 3. The van der Waals surface area contributed by atoms with Gasteiger partial charge in [-0.2, -0.15) is 0 Å². The minimum atomic E-state index is 0.174. The van der Waals surface area contributed by atoms with Crippen LogP contribution in [0.4, 0.5) is 11.4 Å². The van der Waals surface area contributed by atoms with Crippen LogP contribution in [-0.4, -0.2) is 12.6 Å². The summed E-state index contributed by atoms with van der Waals surface area (Å²) in [6.07, 6.45) is 2.02. The first-order valence-corrected chi connectivity index (χ1v) is 7.84. The van der Waals surface area contributed by atoms with Crippen molar-refractivity contribution in [2.75, 3.05) is 11.4 Å². The summed E-state index contributed by atoms with van der Waals surface area (Å²) in [5.74, 6) is 0. The first-order chi connectivity index (χ1) is 9.65. The SMILES string of the molecule is CC(N)Cc1ccc(Br)cc1N1CCc2ccccc21. The van der Waals surface area contributed by atoms with E-state index in [0.29, 0.717) is 0 Å². The fraction of sp³-hybridized carbons (Fsp3) is 0.294. The average molecular weight is 331 g/mol. The lowest BCUT2D eigenvalue weighted by atomic mass is 10.0. The number of nitrogens with zero attached hydrogens (tertiary/aromatic N) is 1. The normalized spacial score (nSPS) is 15.2. The first kappa shape index (κ1) is 13.7. The van der Waals surface area contributed by atoms with Crippen LogP contribution in [-0.2, 0) is 12.8 Å². The number of hydrogen-bond acceptors (Lipinski definition) is 2. The van der Waals surface area contributed by atoms with Gasteiger partial charge in [0.15, 0.2) is 0 Å². The molecule has 0 saturated heterocycles. The van der Waals surface area contributed by atoms with E-state index in [2.05, 4.69) is 70.2 Å². The van der Waals surface area contributed by atoms with Gasteiger partial charge in [0.05, 0.1) is 0 Å². The van der Waals surface area contributed by atoms with Gasteiger partial charge in [-0.3, -0.25) is 0 Å². The van der Waals surface area contributed by atoms with Crippen molar-refractivity contribution < 1.29 is 0 Å². The van der Waals surface area contributed by atoms with Crippen molar-refractivity contribution >= 4 is 27.3 Å². The molecule has 0 radical (unpaired) electrons. The summed E-state index contributed by atoms with van der Waals surface area (Å²) in [4.78, 5) is 2.41. The van der Waals surface area contributed by atoms with Crippen LogP contribution in [0.5, 0.6) is 0 Å². The fourth-order valence-corrected chi connectivity index (χ4v) is 3.25. The van der Waals surface area contributed by atoms with E-state index in [1.807, 2.05) is 0 Å².